The van der Waals surface area contributed by atoms with Crippen molar-refractivity contribution in [1.82, 2.24) is 15.2 Å². The highest BCUT2D eigenvalue weighted by molar-refractivity contribution is 5.95. The van der Waals surface area contributed by atoms with Crippen LogP contribution in [0.2, 0.25) is 0 Å². The molecule has 2 unspecified atom stereocenters. The van der Waals surface area contributed by atoms with Crippen LogP contribution in [-0.2, 0) is 0 Å². The van der Waals surface area contributed by atoms with Crippen LogP contribution in [0.1, 0.15) is 44.0 Å². The van der Waals surface area contributed by atoms with Crippen molar-refractivity contribution < 1.29 is 4.79 Å². The molecule has 0 saturated carbocycles. The SMILES string of the molecule is CCC(C)N1c2cc(Nc3cccc(C(=O)N(C)CCCNC)c3)ncc2NCC1C. The Morgan fingerprint density at radius 1 is 1.39 bits per heavy atom. The summed E-state index contributed by atoms with van der Waals surface area (Å²) in [6.07, 6.45) is 3.90. The van der Waals surface area contributed by atoms with E-state index in [1.807, 2.05) is 44.6 Å². The van der Waals surface area contributed by atoms with Crippen LogP contribution in [0.3, 0.4) is 0 Å². The molecule has 1 aliphatic heterocycles. The van der Waals surface area contributed by atoms with Gasteiger partial charge < -0.3 is 25.8 Å². The molecule has 0 bridgehead atoms. The quantitative estimate of drug-likeness (QED) is 0.530. The number of hydrogen-bond donors (Lipinski definition) is 3. The molecule has 3 rings (SSSR count). The molecule has 0 radical (unpaired) electrons. The highest BCUT2D eigenvalue weighted by Crippen LogP contribution is 2.35. The molecular weight excluding hydrogens is 388 g/mol. The fraction of sp³-hybridized carbons (Fsp3) is 0.500. The predicted molar refractivity (Wildman–Crippen MR) is 130 cm³/mol. The van der Waals surface area contributed by atoms with Gasteiger partial charge in [-0.2, -0.15) is 0 Å². The van der Waals surface area contributed by atoms with Crippen molar-refractivity contribution in [2.75, 3.05) is 49.3 Å². The third kappa shape index (κ3) is 5.47. The molecule has 2 aromatic rings. The van der Waals surface area contributed by atoms with E-state index in [9.17, 15) is 4.79 Å². The standard InChI is InChI=1S/C24H36N6O/c1-6-17(2)30-18(3)15-26-21-16-27-23(14-22(21)30)28-20-10-7-9-19(13-20)24(31)29(5)12-8-11-25-4/h7,9-10,13-14,16-18,25-26H,6,8,11-12,15H2,1-5H3,(H,27,28). The smallest absolute Gasteiger partial charge is 0.253 e. The highest BCUT2D eigenvalue weighted by Gasteiger charge is 2.26. The molecule has 1 aliphatic rings. The Morgan fingerprint density at radius 3 is 2.94 bits per heavy atom. The van der Waals surface area contributed by atoms with Gasteiger partial charge in [0.25, 0.3) is 5.91 Å². The maximum atomic E-state index is 12.8. The summed E-state index contributed by atoms with van der Waals surface area (Å²) in [6, 6.07) is 10.6. The van der Waals surface area contributed by atoms with E-state index in [1.165, 1.54) is 5.69 Å². The van der Waals surface area contributed by atoms with Crippen molar-refractivity contribution in [3.63, 3.8) is 0 Å². The van der Waals surface area contributed by atoms with E-state index in [0.29, 0.717) is 17.6 Å². The van der Waals surface area contributed by atoms with Gasteiger partial charge in [-0.15, -0.1) is 0 Å². The zero-order chi connectivity index (χ0) is 22.4. The lowest BCUT2D eigenvalue weighted by Gasteiger charge is -2.41. The summed E-state index contributed by atoms with van der Waals surface area (Å²) in [5.74, 6) is 0.800. The summed E-state index contributed by atoms with van der Waals surface area (Å²) in [5.41, 5.74) is 3.76. The fourth-order valence-corrected chi connectivity index (χ4v) is 4.02. The number of aromatic nitrogens is 1. The summed E-state index contributed by atoms with van der Waals surface area (Å²) < 4.78 is 0. The second-order valence-electron chi connectivity index (χ2n) is 8.37. The first kappa shape index (κ1) is 22.9. The van der Waals surface area contributed by atoms with Crippen LogP contribution in [0.15, 0.2) is 36.5 Å². The van der Waals surface area contributed by atoms with Crippen molar-refractivity contribution >= 4 is 28.8 Å². The van der Waals surface area contributed by atoms with E-state index in [4.69, 9.17) is 0 Å². The van der Waals surface area contributed by atoms with Gasteiger partial charge >= 0.3 is 0 Å². The lowest BCUT2D eigenvalue weighted by atomic mass is 10.1. The molecule has 0 spiro atoms. The van der Waals surface area contributed by atoms with Gasteiger partial charge in [0.15, 0.2) is 0 Å². The molecule has 1 amide bonds. The van der Waals surface area contributed by atoms with Gasteiger partial charge in [-0.3, -0.25) is 4.79 Å². The molecule has 7 heteroatoms. The summed E-state index contributed by atoms with van der Waals surface area (Å²) in [4.78, 5) is 21.6. The topological polar surface area (TPSA) is 72.5 Å². The van der Waals surface area contributed by atoms with Crippen LogP contribution >= 0.6 is 0 Å². The van der Waals surface area contributed by atoms with Crippen LogP contribution in [0.4, 0.5) is 22.9 Å². The minimum absolute atomic E-state index is 0.0270. The molecule has 1 aromatic carbocycles. The number of carbonyl (C=O) groups is 1. The molecule has 0 fully saturated rings. The van der Waals surface area contributed by atoms with Gasteiger partial charge in [0.05, 0.1) is 17.6 Å². The lowest BCUT2D eigenvalue weighted by Crippen LogP contribution is -2.47. The van der Waals surface area contributed by atoms with E-state index >= 15 is 0 Å². The molecule has 1 aromatic heterocycles. The first-order chi connectivity index (χ1) is 14.9. The Morgan fingerprint density at radius 2 is 2.19 bits per heavy atom. The Hall–Kier alpha value is -2.80. The third-order valence-corrected chi connectivity index (χ3v) is 5.94. The lowest BCUT2D eigenvalue weighted by molar-refractivity contribution is 0.0794. The molecule has 7 nitrogen and oxygen atoms in total. The van der Waals surface area contributed by atoms with Gasteiger partial charge in [0.1, 0.15) is 5.82 Å². The second-order valence-corrected chi connectivity index (χ2v) is 8.37. The van der Waals surface area contributed by atoms with Crippen molar-refractivity contribution in [2.45, 2.75) is 45.7 Å². The normalized spacial score (nSPS) is 16.3. The molecule has 168 valence electrons. The van der Waals surface area contributed by atoms with Crippen LogP contribution < -0.4 is 20.9 Å². The molecular formula is C24H36N6O. The zero-order valence-corrected chi connectivity index (χ0v) is 19.4. The zero-order valence-electron chi connectivity index (χ0n) is 19.4. The Kier molecular flexibility index (Phi) is 7.74. The second kappa shape index (κ2) is 10.5. The maximum absolute atomic E-state index is 12.8. The fourth-order valence-electron chi connectivity index (χ4n) is 4.02. The minimum atomic E-state index is 0.0270. The first-order valence-corrected chi connectivity index (χ1v) is 11.2. The van der Waals surface area contributed by atoms with Gasteiger partial charge in [0, 0.05) is 49.5 Å². The summed E-state index contributed by atoms with van der Waals surface area (Å²) in [7, 11) is 3.77. The number of amides is 1. The number of benzene rings is 1. The summed E-state index contributed by atoms with van der Waals surface area (Å²) >= 11 is 0. The molecule has 2 atom stereocenters. The van der Waals surface area contributed by atoms with Crippen LogP contribution in [0.25, 0.3) is 0 Å². The van der Waals surface area contributed by atoms with Crippen LogP contribution in [-0.4, -0.2) is 61.6 Å². The van der Waals surface area contributed by atoms with Gasteiger partial charge in [-0.25, -0.2) is 4.98 Å². The Bertz CT molecular complexity index is 886. The number of rotatable bonds is 9. The van der Waals surface area contributed by atoms with E-state index in [0.717, 1.165) is 49.7 Å². The molecule has 0 aliphatic carbocycles. The number of nitrogens with one attached hydrogen (secondary N) is 3. The average molecular weight is 425 g/mol. The van der Waals surface area contributed by atoms with E-state index in [2.05, 4.69) is 52.7 Å². The number of carbonyl (C=O) groups excluding carboxylic acids is 1. The van der Waals surface area contributed by atoms with Crippen molar-refractivity contribution in [1.29, 1.82) is 0 Å². The minimum Gasteiger partial charge on any atom is -0.380 e. The molecule has 2 heterocycles. The molecule has 31 heavy (non-hydrogen) atoms. The third-order valence-electron chi connectivity index (χ3n) is 5.94. The van der Waals surface area contributed by atoms with Crippen molar-refractivity contribution in [3.05, 3.63) is 42.1 Å². The van der Waals surface area contributed by atoms with E-state index in [-0.39, 0.29) is 5.91 Å². The van der Waals surface area contributed by atoms with Crippen LogP contribution in [0, 0.1) is 0 Å². The predicted octanol–water partition coefficient (Wildman–Crippen LogP) is 3.93. The number of fused-ring (bicyclic) bond motifs is 1. The number of hydrogen-bond acceptors (Lipinski definition) is 6. The van der Waals surface area contributed by atoms with Crippen molar-refractivity contribution in [2.24, 2.45) is 0 Å². The van der Waals surface area contributed by atoms with Crippen LogP contribution in [0.5, 0.6) is 0 Å². The Balaban J connectivity index is 1.77. The monoisotopic (exact) mass is 424 g/mol. The van der Waals surface area contributed by atoms with Crippen molar-refractivity contribution in [3.8, 4) is 0 Å². The Labute approximate surface area is 186 Å². The molecule has 0 saturated heterocycles. The average Bonchev–Trinajstić information content (AvgIpc) is 2.78. The van der Waals surface area contributed by atoms with Gasteiger partial charge in [-0.1, -0.05) is 13.0 Å². The van der Waals surface area contributed by atoms with E-state index < -0.39 is 0 Å². The van der Waals surface area contributed by atoms with Gasteiger partial charge in [-0.05, 0) is 58.5 Å². The molecule has 3 N–H and O–H groups in total. The maximum Gasteiger partial charge on any atom is 0.253 e. The first-order valence-electron chi connectivity index (χ1n) is 11.2. The summed E-state index contributed by atoms with van der Waals surface area (Å²) in [6.45, 7) is 9.26. The van der Waals surface area contributed by atoms with Gasteiger partial charge in [0.2, 0.25) is 0 Å². The number of anilines is 4. The van der Waals surface area contributed by atoms with E-state index in [1.54, 1.807) is 4.90 Å². The number of pyridine rings is 1. The largest absolute Gasteiger partial charge is 0.380 e. The number of nitrogens with zero attached hydrogens (tertiary/aromatic N) is 3. The summed E-state index contributed by atoms with van der Waals surface area (Å²) in [5, 5.41) is 9.98. The highest BCUT2D eigenvalue weighted by atomic mass is 16.2.